The Bertz CT molecular complexity index is 2950. The van der Waals surface area contributed by atoms with Gasteiger partial charge in [0.05, 0.1) is 11.4 Å². The van der Waals surface area contributed by atoms with Crippen molar-refractivity contribution < 1.29 is 0 Å². The zero-order valence-electron chi connectivity index (χ0n) is 28.8. The summed E-state index contributed by atoms with van der Waals surface area (Å²) in [5.74, 6) is 0.699. The standard InChI is InChI=1S/C50H32N2S/c1-3-14-34(15-4-1)42-19-9-10-20-43(42)47-32-46(51-50(52-47)35-16-5-2-6-17-35)41-29-39(37-24-23-33-13-7-8-18-36(33)27-37)28-40(30-41)38-25-26-45-44-21-11-12-22-48(44)53-49(45)31-38/h1-32H. The van der Waals surface area contributed by atoms with Crippen LogP contribution in [0.5, 0.6) is 0 Å². The third kappa shape index (κ3) is 5.87. The van der Waals surface area contributed by atoms with Crippen LogP contribution in [-0.2, 0) is 0 Å². The number of nitrogens with zero attached hydrogens (tertiary/aromatic N) is 2. The molecule has 8 aromatic carbocycles. The van der Waals surface area contributed by atoms with Crippen LogP contribution in [0.1, 0.15) is 0 Å². The molecule has 0 atom stereocenters. The van der Waals surface area contributed by atoms with Gasteiger partial charge in [-0.1, -0.05) is 152 Å². The second-order valence-electron chi connectivity index (χ2n) is 13.4. The van der Waals surface area contributed by atoms with Crippen LogP contribution in [0, 0.1) is 0 Å². The van der Waals surface area contributed by atoms with E-state index in [-0.39, 0.29) is 0 Å². The predicted octanol–water partition coefficient (Wildman–Crippen LogP) is 14.0. The fourth-order valence-electron chi connectivity index (χ4n) is 7.41. The Morgan fingerprint density at radius 1 is 0.302 bits per heavy atom. The van der Waals surface area contributed by atoms with Gasteiger partial charge in [-0.05, 0) is 86.6 Å². The van der Waals surface area contributed by atoms with Crippen molar-refractivity contribution in [2.24, 2.45) is 0 Å². The normalized spacial score (nSPS) is 11.4. The Balaban J connectivity index is 1.20. The average molecular weight is 693 g/mol. The number of aromatic nitrogens is 2. The van der Waals surface area contributed by atoms with E-state index in [0.29, 0.717) is 5.82 Å². The molecule has 0 bridgehead atoms. The summed E-state index contributed by atoms with van der Waals surface area (Å²) in [5.41, 5.74) is 11.8. The number of rotatable bonds is 6. The van der Waals surface area contributed by atoms with Gasteiger partial charge in [0.2, 0.25) is 0 Å². The molecule has 248 valence electrons. The first-order chi connectivity index (χ1) is 26.2. The fourth-order valence-corrected chi connectivity index (χ4v) is 8.55. The third-order valence-electron chi connectivity index (χ3n) is 10.1. The molecule has 2 nitrogen and oxygen atoms in total. The van der Waals surface area contributed by atoms with Crippen LogP contribution in [0.25, 0.3) is 98.2 Å². The third-order valence-corrected chi connectivity index (χ3v) is 11.2. The molecule has 0 amide bonds. The molecule has 0 aliphatic carbocycles. The van der Waals surface area contributed by atoms with E-state index in [2.05, 4.69) is 176 Å². The second-order valence-corrected chi connectivity index (χ2v) is 14.5. The van der Waals surface area contributed by atoms with Gasteiger partial charge in [0.25, 0.3) is 0 Å². The zero-order chi connectivity index (χ0) is 35.1. The minimum absolute atomic E-state index is 0.699. The van der Waals surface area contributed by atoms with Crippen LogP contribution < -0.4 is 0 Å². The van der Waals surface area contributed by atoms with E-state index in [4.69, 9.17) is 9.97 Å². The van der Waals surface area contributed by atoms with Gasteiger partial charge in [-0.15, -0.1) is 11.3 Å². The zero-order valence-corrected chi connectivity index (χ0v) is 29.6. The van der Waals surface area contributed by atoms with E-state index >= 15 is 0 Å². The van der Waals surface area contributed by atoms with E-state index in [0.717, 1.165) is 50.3 Å². The van der Waals surface area contributed by atoms with Gasteiger partial charge in [0.15, 0.2) is 5.82 Å². The highest BCUT2D eigenvalue weighted by Gasteiger charge is 2.16. The molecule has 2 aromatic heterocycles. The van der Waals surface area contributed by atoms with E-state index in [1.54, 1.807) is 0 Å². The van der Waals surface area contributed by atoms with Crippen LogP contribution in [0.15, 0.2) is 194 Å². The van der Waals surface area contributed by atoms with E-state index in [1.165, 1.54) is 42.1 Å². The summed E-state index contributed by atoms with van der Waals surface area (Å²) in [5, 5.41) is 5.05. The van der Waals surface area contributed by atoms with E-state index in [1.807, 2.05) is 29.5 Å². The SMILES string of the molecule is c1ccc(-c2nc(-c3cc(-c4ccc5ccccc5c4)cc(-c4ccc5c(c4)sc4ccccc45)c3)cc(-c3ccccc3-c3ccccc3)n2)cc1. The van der Waals surface area contributed by atoms with Crippen molar-refractivity contribution in [3.8, 4) is 67.3 Å². The molecule has 0 saturated carbocycles. The Kier molecular flexibility index (Phi) is 7.71. The van der Waals surface area contributed by atoms with Gasteiger partial charge in [-0.25, -0.2) is 9.97 Å². The van der Waals surface area contributed by atoms with Crippen LogP contribution in [-0.4, -0.2) is 9.97 Å². The molecule has 0 aliphatic rings. The molecule has 0 N–H and O–H groups in total. The van der Waals surface area contributed by atoms with Crippen molar-refractivity contribution in [2.45, 2.75) is 0 Å². The summed E-state index contributed by atoms with van der Waals surface area (Å²) in [6.45, 7) is 0. The highest BCUT2D eigenvalue weighted by Crippen LogP contribution is 2.40. The molecule has 3 heteroatoms. The van der Waals surface area contributed by atoms with Crippen LogP contribution >= 0.6 is 11.3 Å². The van der Waals surface area contributed by atoms with Gasteiger partial charge in [0, 0.05) is 36.9 Å². The Hall–Kier alpha value is -6.68. The van der Waals surface area contributed by atoms with Crippen molar-refractivity contribution in [3.63, 3.8) is 0 Å². The van der Waals surface area contributed by atoms with Gasteiger partial charge < -0.3 is 0 Å². The number of hydrogen-bond donors (Lipinski definition) is 0. The first-order valence-electron chi connectivity index (χ1n) is 17.9. The first kappa shape index (κ1) is 31.1. The Morgan fingerprint density at radius 3 is 1.70 bits per heavy atom. The molecule has 0 radical (unpaired) electrons. The molecular weight excluding hydrogens is 661 g/mol. The quantitative estimate of drug-likeness (QED) is 0.173. The average Bonchev–Trinajstić information content (AvgIpc) is 3.62. The van der Waals surface area contributed by atoms with E-state index < -0.39 is 0 Å². The minimum Gasteiger partial charge on any atom is -0.228 e. The van der Waals surface area contributed by atoms with Crippen molar-refractivity contribution in [3.05, 3.63) is 194 Å². The van der Waals surface area contributed by atoms with Crippen LogP contribution in [0.4, 0.5) is 0 Å². The predicted molar refractivity (Wildman–Crippen MR) is 225 cm³/mol. The fraction of sp³-hybridized carbons (Fsp3) is 0. The molecule has 0 saturated heterocycles. The van der Waals surface area contributed by atoms with E-state index in [9.17, 15) is 0 Å². The summed E-state index contributed by atoms with van der Waals surface area (Å²) >= 11 is 1.85. The maximum atomic E-state index is 5.29. The molecule has 0 unspecified atom stereocenters. The van der Waals surface area contributed by atoms with Crippen molar-refractivity contribution in [1.29, 1.82) is 0 Å². The molecule has 53 heavy (non-hydrogen) atoms. The summed E-state index contributed by atoms with van der Waals surface area (Å²) < 4.78 is 2.59. The minimum atomic E-state index is 0.699. The van der Waals surface area contributed by atoms with Crippen molar-refractivity contribution in [2.75, 3.05) is 0 Å². The molecule has 10 rings (SSSR count). The second kappa shape index (κ2) is 13.1. The van der Waals surface area contributed by atoms with Gasteiger partial charge in [-0.2, -0.15) is 0 Å². The Labute approximate surface area is 312 Å². The van der Waals surface area contributed by atoms with Crippen LogP contribution in [0.2, 0.25) is 0 Å². The largest absolute Gasteiger partial charge is 0.228 e. The van der Waals surface area contributed by atoms with Crippen molar-refractivity contribution >= 4 is 42.3 Å². The first-order valence-corrected chi connectivity index (χ1v) is 18.7. The lowest BCUT2D eigenvalue weighted by atomic mass is 9.92. The maximum absolute atomic E-state index is 5.29. The lowest BCUT2D eigenvalue weighted by molar-refractivity contribution is 1.18. The number of fused-ring (bicyclic) bond motifs is 4. The van der Waals surface area contributed by atoms with Gasteiger partial charge in [0.1, 0.15) is 0 Å². The molecule has 0 spiro atoms. The molecule has 10 aromatic rings. The van der Waals surface area contributed by atoms with Crippen molar-refractivity contribution in [1.82, 2.24) is 9.97 Å². The summed E-state index contributed by atoms with van der Waals surface area (Å²) in [6.07, 6.45) is 0. The molecule has 2 heterocycles. The highest BCUT2D eigenvalue weighted by molar-refractivity contribution is 7.25. The molecule has 0 fully saturated rings. The van der Waals surface area contributed by atoms with Crippen LogP contribution in [0.3, 0.4) is 0 Å². The monoisotopic (exact) mass is 692 g/mol. The molecular formula is C50H32N2S. The summed E-state index contributed by atoms with van der Waals surface area (Å²) in [7, 11) is 0. The summed E-state index contributed by atoms with van der Waals surface area (Å²) in [6, 6.07) is 69.3. The summed E-state index contributed by atoms with van der Waals surface area (Å²) in [4.78, 5) is 10.5. The van der Waals surface area contributed by atoms with Gasteiger partial charge in [-0.3, -0.25) is 0 Å². The molecule has 0 aliphatic heterocycles. The smallest absolute Gasteiger partial charge is 0.160 e. The number of benzene rings is 8. The maximum Gasteiger partial charge on any atom is 0.160 e. The topological polar surface area (TPSA) is 25.8 Å². The number of hydrogen-bond acceptors (Lipinski definition) is 3. The highest BCUT2D eigenvalue weighted by atomic mass is 32.1. The Morgan fingerprint density at radius 2 is 0.887 bits per heavy atom. The lowest BCUT2D eigenvalue weighted by Crippen LogP contribution is -1.97. The lowest BCUT2D eigenvalue weighted by Gasteiger charge is -2.15. The van der Waals surface area contributed by atoms with Gasteiger partial charge >= 0.3 is 0 Å². The number of thiophene rings is 1.